The lowest BCUT2D eigenvalue weighted by atomic mass is 10.0. The number of ether oxygens (including phenoxy) is 1. The van der Waals surface area contributed by atoms with Gasteiger partial charge in [-0.2, -0.15) is 0 Å². The number of rotatable bonds is 28. The third-order valence-electron chi connectivity index (χ3n) is 6.16. The lowest BCUT2D eigenvalue weighted by Crippen LogP contribution is -2.20. The lowest BCUT2D eigenvalue weighted by molar-refractivity contribution is -0.120. The first kappa shape index (κ1) is 34.9. The van der Waals surface area contributed by atoms with E-state index in [0.717, 1.165) is 38.8 Å². The molecule has 0 rings (SSSR count). The number of hydrogen-bond donors (Lipinski definition) is 1. The quantitative estimate of drug-likeness (QED) is 0.0845. The number of nitrogens with zero attached hydrogens (tertiary/aromatic N) is 1. The number of carbonyl (C=O) groups is 1. The Morgan fingerprint density at radius 1 is 0.743 bits per heavy atom. The van der Waals surface area contributed by atoms with E-state index in [-0.39, 0.29) is 11.7 Å². The summed E-state index contributed by atoms with van der Waals surface area (Å²) in [4.78, 5) is 24.3. The Morgan fingerprint density at radius 2 is 1.31 bits per heavy atom. The van der Waals surface area contributed by atoms with Gasteiger partial charge in [-0.25, -0.2) is 0 Å². The van der Waals surface area contributed by atoms with Gasteiger partial charge in [0.05, 0.1) is 19.8 Å². The van der Waals surface area contributed by atoms with Gasteiger partial charge in [0, 0.05) is 25.4 Å². The molecule has 0 aliphatic rings. The zero-order valence-corrected chi connectivity index (χ0v) is 24.5. The highest BCUT2D eigenvalue weighted by Crippen LogP contribution is 2.34. The Morgan fingerprint density at radius 3 is 1.89 bits per heavy atom. The molecule has 210 valence electrons. The summed E-state index contributed by atoms with van der Waals surface area (Å²) >= 11 is 0. The van der Waals surface area contributed by atoms with Crippen molar-refractivity contribution in [2.45, 2.75) is 123 Å². The molecule has 0 bridgehead atoms. The summed E-state index contributed by atoms with van der Waals surface area (Å²) in [7, 11) is 2.19. The van der Waals surface area contributed by atoms with Crippen molar-refractivity contribution in [2.24, 2.45) is 5.92 Å². The van der Waals surface area contributed by atoms with Crippen LogP contribution in [0, 0.1) is 5.92 Å². The van der Waals surface area contributed by atoms with E-state index in [2.05, 4.69) is 11.8 Å². The topological polar surface area (TPSA) is 68.2 Å². The maximum atomic E-state index is 12.1. The lowest BCUT2D eigenvalue weighted by Gasteiger charge is -2.18. The van der Waals surface area contributed by atoms with E-state index < -0.39 is 8.60 Å². The number of hydrogen-bond acceptors (Lipinski definition) is 6. The predicted octanol–water partition coefficient (Wildman–Crippen LogP) is 7.67. The minimum atomic E-state index is -1.90. The standard InChI is InChI=1S/C28H58NO5P/c1-5-7-8-9-10-11-12-13-14-15-16-18-22-32-25-27(24-28(30)20-6-2)26-34-35(31)33-23-19-17-21-29(3)4/h27,31H,5-26H2,1-4H3. The first-order valence-corrected chi connectivity index (χ1v) is 15.6. The third kappa shape index (κ3) is 26.8. The van der Waals surface area contributed by atoms with Crippen LogP contribution in [0.4, 0.5) is 0 Å². The van der Waals surface area contributed by atoms with Crippen LogP contribution >= 0.6 is 8.60 Å². The monoisotopic (exact) mass is 519 g/mol. The largest absolute Gasteiger partial charge is 0.381 e. The molecule has 6 nitrogen and oxygen atoms in total. The summed E-state index contributed by atoms with van der Waals surface area (Å²) in [6.07, 6.45) is 19.7. The number of ketones is 1. The van der Waals surface area contributed by atoms with Gasteiger partial charge in [0.2, 0.25) is 0 Å². The van der Waals surface area contributed by atoms with Gasteiger partial charge < -0.3 is 23.6 Å². The van der Waals surface area contributed by atoms with Crippen LogP contribution in [0.15, 0.2) is 0 Å². The highest BCUT2D eigenvalue weighted by molar-refractivity contribution is 7.40. The van der Waals surface area contributed by atoms with Crippen LogP contribution in [0.1, 0.15) is 123 Å². The molecule has 2 atom stereocenters. The molecule has 0 radical (unpaired) electrons. The zero-order chi connectivity index (χ0) is 26.0. The Hall–Kier alpha value is -0.100. The van der Waals surface area contributed by atoms with E-state index in [1.807, 2.05) is 21.0 Å². The smallest absolute Gasteiger partial charge is 0.329 e. The van der Waals surface area contributed by atoms with Gasteiger partial charge in [0.1, 0.15) is 5.78 Å². The second-order valence-corrected chi connectivity index (χ2v) is 11.2. The first-order valence-electron chi connectivity index (χ1n) is 14.5. The van der Waals surface area contributed by atoms with Crippen molar-refractivity contribution >= 4 is 14.4 Å². The molecule has 0 amide bonds. The van der Waals surface area contributed by atoms with Crippen molar-refractivity contribution in [1.82, 2.24) is 4.90 Å². The zero-order valence-electron chi connectivity index (χ0n) is 23.6. The molecule has 0 heterocycles. The van der Waals surface area contributed by atoms with E-state index in [1.54, 1.807) is 0 Å². The maximum Gasteiger partial charge on any atom is 0.329 e. The van der Waals surface area contributed by atoms with Crippen LogP contribution in [-0.2, 0) is 18.6 Å². The molecule has 1 N–H and O–H groups in total. The van der Waals surface area contributed by atoms with E-state index in [0.29, 0.717) is 32.7 Å². The summed E-state index contributed by atoms with van der Waals surface area (Å²) in [5.74, 6) is 0.211. The van der Waals surface area contributed by atoms with Crippen molar-refractivity contribution in [1.29, 1.82) is 0 Å². The molecule has 2 unspecified atom stereocenters. The molecule has 0 aromatic carbocycles. The summed E-state index contributed by atoms with van der Waals surface area (Å²) in [5, 5.41) is 0. The first-order chi connectivity index (χ1) is 17.0. The maximum absolute atomic E-state index is 12.1. The molecule has 0 saturated heterocycles. The Labute approximate surface area is 218 Å². The van der Waals surface area contributed by atoms with Crippen LogP contribution in [0.2, 0.25) is 0 Å². The number of carbonyl (C=O) groups excluding carboxylic acids is 1. The highest BCUT2D eigenvalue weighted by Gasteiger charge is 2.17. The predicted molar refractivity (Wildman–Crippen MR) is 149 cm³/mol. The fourth-order valence-corrected chi connectivity index (χ4v) is 4.74. The molecule has 35 heavy (non-hydrogen) atoms. The average molecular weight is 520 g/mol. The van der Waals surface area contributed by atoms with Crippen LogP contribution in [0.5, 0.6) is 0 Å². The summed E-state index contributed by atoms with van der Waals surface area (Å²) < 4.78 is 16.8. The average Bonchev–Trinajstić information content (AvgIpc) is 2.82. The third-order valence-corrected chi connectivity index (χ3v) is 6.94. The van der Waals surface area contributed by atoms with Gasteiger partial charge >= 0.3 is 8.60 Å². The van der Waals surface area contributed by atoms with Crippen LogP contribution in [0.25, 0.3) is 0 Å². The fraction of sp³-hybridized carbons (Fsp3) is 0.964. The summed E-state index contributed by atoms with van der Waals surface area (Å²) in [6.45, 7) is 7.31. The van der Waals surface area contributed by atoms with Crippen LogP contribution in [-0.4, -0.2) is 62.6 Å². The van der Waals surface area contributed by atoms with Crippen molar-refractivity contribution in [3.63, 3.8) is 0 Å². The van der Waals surface area contributed by atoms with Gasteiger partial charge in [-0.3, -0.25) is 4.79 Å². The minimum Gasteiger partial charge on any atom is -0.381 e. The van der Waals surface area contributed by atoms with Gasteiger partial charge in [-0.15, -0.1) is 0 Å². The number of unbranched alkanes of at least 4 members (excludes halogenated alkanes) is 12. The molecular formula is C28H58NO5P. The van der Waals surface area contributed by atoms with Crippen LogP contribution in [0.3, 0.4) is 0 Å². The molecule has 0 aromatic heterocycles. The highest BCUT2D eigenvalue weighted by atomic mass is 31.2. The van der Waals surface area contributed by atoms with E-state index >= 15 is 0 Å². The number of Topliss-reactive ketones (excluding diaryl/α,β-unsaturated/α-hetero) is 1. The molecule has 0 spiro atoms. The Bertz CT molecular complexity index is 453. The molecule has 0 aliphatic heterocycles. The normalized spacial score (nSPS) is 13.4. The van der Waals surface area contributed by atoms with E-state index in [4.69, 9.17) is 13.8 Å². The molecule has 7 heteroatoms. The summed E-state index contributed by atoms with van der Waals surface area (Å²) in [5.41, 5.74) is 0. The van der Waals surface area contributed by atoms with E-state index in [9.17, 15) is 9.69 Å². The Balaban J connectivity index is 3.86. The van der Waals surface area contributed by atoms with Gasteiger partial charge in [-0.1, -0.05) is 84.5 Å². The second-order valence-electron chi connectivity index (χ2n) is 10.2. The fourth-order valence-electron chi connectivity index (χ4n) is 4.04. The summed E-state index contributed by atoms with van der Waals surface area (Å²) in [6, 6.07) is 0. The molecule has 0 aliphatic carbocycles. The SMILES string of the molecule is CCCCCCCCCCCCCCOCC(COP(O)OCCCCN(C)C)CC(=O)CCC. The van der Waals surface area contributed by atoms with Crippen LogP contribution < -0.4 is 0 Å². The molecular weight excluding hydrogens is 461 g/mol. The molecule has 0 saturated carbocycles. The molecule has 0 aromatic rings. The van der Waals surface area contributed by atoms with Crippen molar-refractivity contribution in [3.05, 3.63) is 0 Å². The second kappa shape index (κ2) is 26.9. The molecule has 0 fully saturated rings. The van der Waals surface area contributed by atoms with Crippen molar-refractivity contribution in [2.75, 3.05) is 47.1 Å². The van der Waals surface area contributed by atoms with Gasteiger partial charge in [-0.05, 0) is 46.3 Å². The van der Waals surface area contributed by atoms with Crippen molar-refractivity contribution in [3.8, 4) is 0 Å². The van der Waals surface area contributed by atoms with Gasteiger partial charge in [0.25, 0.3) is 0 Å². The minimum absolute atomic E-state index is 0.0270. The van der Waals surface area contributed by atoms with E-state index in [1.165, 1.54) is 70.6 Å². The Kier molecular flexibility index (Phi) is 26.9. The van der Waals surface area contributed by atoms with Gasteiger partial charge in [0.15, 0.2) is 0 Å². The van der Waals surface area contributed by atoms with Crippen molar-refractivity contribution < 1.29 is 23.5 Å².